The van der Waals surface area contributed by atoms with E-state index in [1.165, 1.54) is 10.4 Å². The number of rotatable bonds is 7. The molecule has 2 heterocycles. The summed E-state index contributed by atoms with van der Waals surface area (Å²) in [5.41, 5.74) is 2.30. The van der Waals surface area contributed by atoms with Gasteiger partial charge in [0.2, 0.25) is 0 Å². The highest BCUT2D eigenvalue weighted by atomic mass is 32.1. The minimum atomic E-state index is -0.0383. The highest BCUT2D eigenvalue weighted by Crippen LogP contribution is 2.31. The molecule has 1 amide bonds. The molecule has 0 bridgehead atoms. The Morgan fingerprint density at radius 1 is 1.22 bits per heavy atom. The lowest BCUT2D eigenvalue weighted by Crippen LogP contribution is -2.32. The summed E-state index contributed by atoms with van der Waals surface area (Å²) >= 11 is 1.68. The topological polar surface area (TPSA) is 42.7 Å². The number of carbonyl (C=O) groups excluding carboxylic acids is 1. The molecular weight excluding hydrogens is 358 g/mol. The summed E-state index contributed by atoms with van der Waals surface area (Å²) in [6, 6.07) is 14.1. The van der Waals surface area contributed by atoms with Crippen LogP contribution in [-0.4, -0.2) is 16.8 Å². The van der Waals surface area contributed by atoms with Gasteiger partial charge in [-0.15, -0.1) is 11.3 Å². The summed E-state index contributed by atoms with van der Waals surface area (Å²) < 4.78 is 11.7. The van der Waals surface area contributed by atoms with Crippen molar-refractivity contribution in [2.45, 2.75) is 45.9 Å². The number of ether oxygens (including phenoxy) is 1. The normalized spacial score (nSPS) is 13.6. The van der Waals surface area contributed by atoms with E-state index >= 15 is 0 Å². The molecule has 4 rings (SSSR count). The fraction of sp³-hybridized carbons (Fsp3) is 0.318. The number of amides is 1. The molecule has 0 spiro atoms. The van der Waals surface area contributed by atoms with Crippen LogP contribution < -0.4 is 4.74 Å². The Labute approximate surface area is 163 Å². The van der Waals surface area contributed by atoms with Gasteiger partial charge in [-0.1, -0.05) is 23.8 Å². The molecule has 1 fully saturated rings. The minimum Gasteiger partial charge on any atom is -0.485 e. The van der Waals surface area contributed by atoms with Crippen LogP contribution in [-0.2, 0) is 13.2 Å². The van der Waals surface area contributed by atoms with Crippen molar-refractivity contribution in [3.8, 4) is 5.75 Å². The van der Waals surface area contributed by atoms with Crippen LogP contribution in [0.4, 0.5) is 0 Å². The molecule has 27 heavy (non-hydrogen) atoms. The highest BCUT2D eigenvalue weighted by molar-refractivity contribution is 7.09. The number of nitrogens with zero attached hydrogens (tertiary/aromatic N) is 1. The summed E-state index contributed by atoms with van der Waals surface area (Å²) in [7, 11) is 0. The van der Waals surface area contributed by atoms with E-state index in [2.05, 4.69) is 19.1 Å². The summed E-state index contributed by atoms with van der Waals surface area (Å²) in [5, 5.41) is 2.04. The second kappa shape index (κ2) is 7.61. The summed E-state index contributed by atoms with van der Waals surface area (Å²) in [4.78, 5) is 16.1. The third kappa shape index (κ3) is 4.25. The van der Waals surface area contributed by atoms with Gasteiger partial charge < -0.3 is 14.1 Å². The maximum Gasteiger partial charge on any atom is 0.290 e. The first kappa shape index (κ1) is 17.9. The Morgan fingerprint density at radius 3 is 2.78 bits per heavy atom. The Morgan fingerprint density at radius 2 is 2.07 bits per heavy atom. The molecule has 4 nitrogen and oxygen atoms in total. The molecule has 1 saturated carbocycles. The first-order chi connectivity index (χ1) is 13.1. The molecule has 3 aromatic rings. The molecular formula is C22H23NO3S. The molecule has 2 aromatic heterocycles. The van der Waals surface area contributed by atoms with Crippen LogP contribution in [0.2, 0.25) is 0 Å². The maximum absolute atomic E-state index is 12.9. The summed E-state index contributed by atoms with van der Waals surface area (Å²) in [6.07, 6.45) is 2.14. The number of hydrogen-bond donors (Lipinski definition) is 0. The van der Waals surface area contributed by atoms with E-state index in [9.17, 15) is 4.79 Å². The average Bonchev–Trinajstić information content (AvgIpc) is 3.16. The fourth-order valence-corrected chi connectivity index (χ4v) is 3.85. The van der Waals surface area contributed by atoms with Crippen molar-refractivity contribution in [2.24, 2.45) is 0 Å². The number of furan rings is 1. The Bertz CT molecular complexity index is 925. The van der Waals surface area contributed by atoms with Crippen molar-refractivity contribution in [3.05, 3.63) is 75.4 Å². The van der Waals surface area contributed by atoms with Crippen LogP contribution in [0, 0.1) is 13.8 Å². The Balaban J connectivity index is 1.42. The van der Waals surface area contributed by atoms with E-state index in [0.717, 1.165) is 24.2 Å². The van der Waals surface area contributed by atoms with Gasteiger partial charge in [-0.05, 0) is 61.9 Å². The predicted octanol–water partition coefficient (Wildman–Crippen LogP) is 5.34. The van der Waals surface area contributed by atoms with Crippen molar-refractivity contribution >= 4 is 17.2 Å². The van der Waals surface area contributed by atoms with Crippen molar-refractivity contribution in [1.82, 2.24) is 4.90 Å². The van der Waals surface area contributed by atoms with Crippen LogP contribution in [0.3, 0.4) is 0 Å². The predicted molar refractivity (Wildman–Crippen MR) is 106 cm³/mol. The van der Waals surface area contributed by atoms with Crippen molar-refractivity contribution < 1.29 is 13.9 Å². The summed E-state index contributed by atoms with van der Waals surface area (Å²) in [6.45, 7) is 5.04. The van der Waals surface area contributed by atoms with Crippen molar-refractivity contribution in [2.75, 3.05) is 0 Å². The molecule has 1 aliphatic carbocycles. The molecule has 0 saturated heterocycles. The van der Waals surface area contributed by atoms with Gasteiger partial charge in [-0.3, -0.25) is 4.79 Å². The molecule has 5 heteroatoms. The van der Waals surface area contributed by atoms with Gasteiger partial charge in [-0.25, -0.2) is 0 Å². The lowest BCUT2D eigenvalue weighted by molar-refractivity contribution is 0.0695. The number of thiophene rings is 1. The van der Waals surface area contributed by atoms with Crippen LogP contribution in [0.25, 0.3) is 0 Å². The monoisotopic (exact) mass is 381 g/mol. The zero-order valence-corrected chi connectivity index (χ0v) is 16.4. The van der Waals surface area contributed by atoms with Gasteiger partial charge in [0.25, 0.3) is 5.91 Å². The second-order valence-electron chi connectivity index (χ2n) is 7.07. The van der Waals surface area contributed by atoms with Crippen LogP contribution in [0.5, 0.6) is 5.75 Å². The van der Waals surface area contributed by atoms with Crippen LogP contribution in [0.1, 0.15) is 45.2 Å². The zero-order valence-electron chi connectivity index (χ0n) is 15.6. The molecule has 140 valence electrons. The third-order valence-electron chi connectivity index (χ3n) is 4.73. The van der Waals surface area contributed by atoms with Gasteiger partial charge in [0.1, 0.15) is 18.1 Å². The van der Waals surface area contributed by atoms with E-state index in [0.29, 0.717) is 30.7 Å². The van der Waals surface area contributed by atoms with Gasteiger partial charge in [0.15, 0.2) is 5.76 Å². The zero-order chi connectivity index (χ0) is 18.8. The molecule has 0 unspecified atom stereocenters. The van der Waals surface area contributed by atoms with Gasteiger partial charge >= 0.3 is 0 Å². The van der Waals surface area contributed by atoms with Crippen molar-refractivity contribution in [3.63, 3.8) is 0 Å². The SMILES string of the molecule is Cc1ccc(OCc2ccc(C(=O)N(Cc3cccs3)C3CC3)o2)c(C)c1. The quantitative estimate of drug-likeness (QED) is 0.555. The standard InChI is InChI=1S/C22H23NO3S/c1-15-5-9-20(16(2)12-15)25-14-18-8-10-21(26-18)22(24)23(17-6-7-17)13-19-4-3-11-27-19/h3-5,8-12,17H,6-7,13-14H2,1-2H3. The van der Waals surface area contributed by atoms with Gasteiger partial charge in [0, 0.05) is 10.9 Å². The van der Waals surface area contributed by atoms with E-state index in [1.807, 2.05) is 41.5 Å². The second-order valence-corrected chi connectivity index (χ2v) is 8.10. The fourth-order valence-electron chi connectivity index (χ4n) is 3.15. The molecule has 0 N–H and O–H groups in total. The molecule has 0 radical (unpaired) electrons. The van der Waals surface area contributed by atoms with Crippen LogP contribution >= 0.6 is 11.3 Å². The van der Waals surface area contributed by atoms with Crippen LogP contribution in [0.15, 0.2) is 52.3 Å². The lowest BCUT2D eigenvalue weighted by Gasteiger charge is -2.20. The molecule has 0 atom stereocenters. The van der Waals surface area contributed by atoms with Gasteiger partial charge in [-0.2, -0.15) is 0 Å². The molecule has 1 aliphatic rings. The lowest BCUT2D eigenvalue weighted by atomic mass is 10.1. The molecule has 1 aromatic carbocycles. The summed E-state index contributed by atoms with van der Waals surface area (Å²) in [5.74, 6) is 1.84. The first-order valence-electron chi connectivity index (χ1n) is 9.22. The van der Waals surface area contributed by atoms with E-state index in [1.54, 1.807) is 17.4 Å². The average molecular weight is 381 g/mol. The maximum atomic E-state index is 12.9. The largest absolute Gasteiger partial charge is 0.485 e. The Hall–Kier alpha value is -2.53. The van der Waals surface area contributed by atoms with Gasteiger partial charge in [0.05, 0.1) is 6.54 Å². The first-order valence-corrected chi connectivity index (χ1v) is 10.1. The highest BCUT2D eigenvalue weighted by Gasteiger charge is 2.34. The van der Waals surface area contributed by atoms with Crippen molar-refractivity contribution in [1.29, 1.82) is 0 Å². The van der Waals surface area contributed by atoms with E-state index in [-0.39, 0.29) is 5.91 Å². The van der Waals surface area contributed by atoms with E-state index in [4.69, 9.17) is 9.15 Å². The Kier molecular flexibility index (Phi) is 5.03. The smallest absolute Gasteiger partial charge is 0.290 e. The van der Waals surface area contributed by atoms with E-state index < -0.39 is 0 Å². The molecule has 0 aliphatic heterocycles. The third-order valence-corrected chi connectivity index (χ3v) is 5.59. The number of hydrogen-bond acceptors (Lipinski definition) is 4. The minimum absolute atomic E-state index is 0.0383. The number of benzene rings is 1. The number of carbonyl (C=O) groups is 1. The number of aryl methyl sites for hydroxylation is 2.